The van der Waals surface area contributed by atoms with Gasteiger partial charge in [-0.25, -0.2) is 0 Å². The van der Waals surface area contributed by atoms with Gasteiger partial charge in [-0.05, 0) is 62.4 Å². The lowest BCUT2D eigenvalue weighted by atomic mass is 9.89. The summed E-state index contributed by atoms with van der Waals surface area (Å²) >= 11 is 0. The molecule has 1 atom stereocenters. The first-order valence-corrected chi connectivity index (χ1v) is 6.14. The van der Waals surface area contributed by atoms with Crippen LogP contribution >= 0.6 is 0 Å². The Kier molecular flexibility index (Phi) is 3.45. The number of hydrogen-bond donors (Lipinski definition) is 1. The fraction of sp³-hybridized carbons (Fsp3) is 0.467. The Bertz CT molecular complexity index is 404. The van der Waals surface area contributed by atoms with Crippen molar-refractivity contribution in [2.45, 2.75) is 39.2 Å². The maximum absolute atomic E-state index is 3.35. The molecule has 0 radical (unpaired) electrons. The number of nitrogens with one attached hydrogen (secondary N) is 1. The van der Waals surface area contributed by atoms with E-state index >= 15 is 0 Å². The number of hydrogen-bond acceptors (Lipinski definition) is 1. The van der Waals surface area contributed by atoms with E-state index < -0.39 is 0 Å². The largest absolute Gasteiger partial charge is 0.317 e. The summed E-state index contributed by atoms with van der Waals surface area (Å²) in [5.74, 6) is 0. The van der Waals surface area contributed by atoms with Crippen molar-refractivity contribution >= 4 is 5.57 Å². The molecule has 16 heavy (non-hydrogen) atoms. The Balaban J connectivity index is 2.19. The van der Waals surface area contributed by atoms with E-state index in [9.17, 15) is 0 Å². The lowest BCUT2D eigenvalue weighted by Crippen LogP contribution is -2.26. The first-order valence-electron chi connectivity index (χ1n) is 6.14. The van der Waals surface area contributed by atoms with E-state index in [4.69, 9.17) is 0 Å². The van der Waals surface area contributed by atoms with Crippen molar-refractivity contribution in [3.05, 3.63) is 41.0 Å². The lowest BCUT2D eigenvalue weighted by molar-refractivity contribution is 0.523. The summed E-state index contributed by atoms with van der Waals surface area (Å²) in [4.78, 5) is 0. The summed E-state index contributed by atoms with van der Waals surface area (Å²) < 4.78 is 0. The molecule has 1 N–H and O–H groups in total. The zero-order valence-electron chi connectivity index (χ0n) is 10.5. The van der Waals surface area contributed by atoms with Crippen molar-refractivity contribution in [1.82, 2.24) is 5.32 Å². The van der Waals surface area contributed by atoms with E-state index in [1.165, 1.54) is 41.5 Å². The third-order valence-electron chi connectivity index (χ3n) is 3.70. The molecule has 0 aromatic heterocycles. The third kappa shape index (κ3) is 2.35. The predicted octanol–water partition coefficient (Wildman–Crippen LogP) is 3.46. The van der Waals surface area contributed by atoms with Crippen molar-refractivity contribution in [2.24, 2.45) is 0 Å². The van der Waals surface area contributed by atoms with Gasteiger partial charge in [-0.15, -0.1) is 0 Å². The van der Waals surface area contributed by atoms with Crippen LogP contribution in [-0.4, -0.2) is 13.1 Å². The molecule has 1 aliphatic carbocycles. The molecule has 0 fully saturated rings. The summed E-state index contributed by atoms with van der Waals surface area (Å²) in [6.07, 6.45) is 6.02. The normalized spacial score (nSPS) is 20.7. The van der Waals surface area contributed by atoms with Gasteiger partial charge in [0.2, 0.25) is 0 Å². The van der Waals surface area contributed by atoms with Crippen LogP contribution in [0, 0.1) is 13.8 Å². The van der Waals surface area contributed by atoms with E-state index in [1.54, 1.807) is 0 Å². The van der Waals surface area contributed by atoms with E-state index in [2.05, 4.69) is 50.5 Å². The topological polar surface area (TPSA) is 12.0 Å². The standard InChI is InChI=1S/C15H21N/c1-11-4-5-14(10-12(11)2)13-6-8-15(16-3)9-7-13/h4-6,10,15-16H,7-9H2,1-3H3. The molecule has 0 heterocycles. The first-order chi connectivity index (χ1) is 7.70. The van der Waals surface area contributed by atoms with Crippen LogP contribution in [0.15, 0.2) is 24.3 Å². The van der Waals surface area contributed by atoms with Crippen LogP contribution in [0.5, 0.6) is 0 Å². The molecule has 0 amide bonds. The number of aryl methyl sites for hydroxylation is 2. The molecule has 1 aromatic rings. The van der Waals surface area contributed by atoms with Crippen LogP contribution in [0.25, 0.3) is 5.57 Å². The van der Waals surface area contributed by atoms with Crippen LogP contribution in [0.2, 0.25) is 0 Å². The molecule has 0 saturated heterocycles. The molecular weight excluding hydrogens is 194 g/mol. The molecule has 0 bridgehead atoms. The van der Waals surface area contributed by atoms with Gasteiger partial charge in [-0.1, -0.05) is 24.3 Å². The highest BCUT2D eigenvalue weighted by atomic mass is 14.9. The van der Waals surface area contributed by atoms with E-state index in [0.717, 1.165) is 0 Å². The molecule has 0 spiro atoms. The highest BCUT2D eigenvalue weighted by Gasteiger charge is 2.13. The Morgan fingerprint density at radius 2 is 2.00 bits per heavy atom. The molecule has 1 aromatic carbocycles. The molecule has 0 aliphatic heterocycles. The third-order valence-corrected chi connectivity index (χ3v) is 3.70. The quantitative estimate of drug-likeness (QED) is 0.796. The predicted molar refractivity (Wildman–Crippen MR) is 70.6 cm³/mol. The smallest absolute Gasteiger partial charge is 0.0102 e. The Morgan fingerprint density at radius 3 is 2.56 bits per heavy atom. The number of allylic oxidation sites excluding steroid dienone is 1. The van der Waals surface area contributed by atoms with Crippen molar-refractivity contribution in [1.29, 1.82) is 0 Å². The summed E-state index contributed by atoms with van der Waals surface area (Å²) in [5.41, 5.74) is 5.72. The SMILES string of the molecule is CNC1CC=C(c2ccc(C)c(C)c2)CC1. The summed E-state index contributed by atoms with van der Waals surface area (Å²) in [6.45, 7) is 4.37. The second-order valence-corrected chi connectivity index (χ2v) is 4.79. The second kappa shape index (κ2) is 4.84. The Hall–Kier alpha value is -1.08. The van der Waals surface area contributed by atoms with Gasteiger partial charge in [0.1, 0.15) is 0 Å². The van der Waals surface area contributed by atoms with E-state index in [1.807, 2.05) is 0 Å². The van der Waals surface area contributed by atoms with Gasteiger partial charge in [0.05, 0.1) is 0 Å². The minimum absolute atomic E-state index is 0.676. The molecule has 86 valence electrons. The fourth-order valence-corrected chi connectivity index (χ4v) is 2.30. The van der Waals surface area contributed by atoms with Crippen LogP contribution in [0.3, 0.4) is 0 Å². The van der Waals surface area contributed by atoms with Crippen LogP contribution in [0.4, 0.5) is 0 Å². The molecule has 1 aliphatic rings. The van der Waals surface area contributed by atoms with Crippen molar-refractivity contribution in [2.75, 3.05) is 7.05 Å². The monoisotopic (exact) mass is 215 g/mol. The van der Waals surface area contributed by atoms with Gasteiger partial charge >= 0.3 is 0 Å². The number of benzene rings is 1. The molecule has 0 saturated carbocycles. The van der Waals surface area contributed by atoms with E-state index in [-0.39, 0.29) is 0 Å². The highest BCUT2D eigenvalue weighted by molar-refractivity contribution is 5.67. The maximum Gasteiger partial charge on any atom is 0.0102 e. The summed E-state index contributed by atoms with van der Waals surface area (Å²) in [7, 11) is 2.06. The summed E-state index contributed by atoms with van der Waals surface area (Å²) in [6, 6.07) is 7.49. The zero-order chi connectivity index (χ0) is 11.5. The van der Waals surface area contributed by atoms with Crippen LogP contribution in [-0.2, 0) is 0 Å². The summed E-state index contributed by atoms with van der Waals surface area (Å²) in [5, 5.41) is 3.35. The fourth-order valence-electron chi connectivity index (χ4n) is 2.30. The molecule has 1 nitrogen and oxygen atoms in total. The molecule has 1 unspecified atom stereocenters. The number of rotatable bonds is 2. The molecule has 1 heteroatoms. The molecule has 2 rings (SSSR count). The Labute approximate surface area is 98.6 Å². The van der Waals surface area contributed by atoms with Crippen molar-refractivity contribution < 1.29 is 0 Å². The zero-order valence-corrected chi connectivity index (χ0v) is 10.5. The van der Waals surface area contributed by atoms with Gasteiger partial charge in [0, 0.05) is 6.04 Å². The van der Waals surface area contributed by atoms with E-state index in [0.29, 0.717) is 6.04 Å². The second-order valence-electron chi connectivity index (χ2n) is 4.79. The lowest BCUT2D eigenvalue weighted by Gasteiger charge is -2.21. The average Bonchev–Trinajstić information content (AvgIpc) is 2.33. The van der Waals surface area contributed by atoms with Crippen molar-refractivity contribution in [3.63, 3.8) is 0 Å². The minimum Gasteiger partial charge on any atom is -0.317 e. The van der Waals surface area contributed by atoms with Crippen molar-refractivity contribution in [3.8, 4) is 0 Å². The van der Waals surface area contributed by atoms with Gasteiger partial charge in [-0.3, -0.25) is 0 Å². The van der Waals surface area contributed by atoms with Gasteiger partial charge in [0.15, 0.2) is 0 Å². The molecular formula is C15H21N. The van der Waals surface area contributed by atoms with Gasteiger partial charge < -0.3 is 5.32 Å². The van der Waals surface area contributed by atoms with Crippen LogP contribution in [0.1, 0.15) is 36.0 Å². The van der Waals surface area contributed by atoms with Crippen LogP contribution < -0.4 is 5.32 Å². The Morgan fingerprint density at radius 1 is 1.19 bits per heavy atom. The van der Waals surface area contributed by atoms with Gasteiger partial charge in [0.25, 0.3) is 0 Å². The maximum atomic E-state index is 3.35. The first kappa shape index (κ1) is 11.4. The highest BCUT2D eigenvalue weighted by Crippen LogP contribution is 2.27. The average molecular weight is 215 g/mol. The van der Waals surface area contributed by atoms with Gasteiger partial charge in [-0.2, -0.15) is 0 Å². The minimum atomic E-state index is 0.676.